The molecule has 0 radical (unpaired) electrons. The van der Waals surface area contributed by atoms with E-state index < -0.39 is 0 Å². The lowest BCUT2D eigenvalue weighted by Gasteiger charge is -2.05. The second-order valence-electron chi connectivity index (χ2n) is 3.69. The Morgan fingerprint density at radius 1 is 1.00 bits per heavy atom. The van der Waals surface area contributed by atoms with Gasteiger partial charge in [-0.2, -0.15) is 0 Å². The summed E-state index contributed by atoms with van der Waals surface area (Å²) in [6, 6.07) is 16.5. The molecule has 4 heteroatoms. The Balaban J connectivity index is 2.10. The fourth-order valence-electron chi connectivity index (χ4n) is 1.35. The van der Waals surface area contributed by atoms with Crippen LogP contribution in [0.4, 0.5) is 11.4 Å². The van der Waals surface area contributed by atoms with Crippen LogP contribution in [0.2, 0.25) is 0 Å². The quantitative estimate of drug-likeness (QED) is 0.494. The number of hydrogen-bond donors (Lipinski definition) is 1. The Labute approximate surface area is 99.8 Å². The lowest BCUT2D eigenvalue weighted by molar-refractivity contribution is -0.439. The number of rotatable bonds is 3. The van der Waals surface area contributed by atoms with Gasteiger partial charge in [-0.05, 0) is 31.2 Å². The highest BCUT2D eigenvalue weighted by Gasteiger charge is 1.98. The molecule has 0 saturated carbocycles. The summed E-state index contributed by atoms with van der Waals surface area (Å²) in [5.74, 6) is 0. The maximum Gasteiger partial charge on any atom is 0.154 e. The molecule has 0 amide bonds. The molecule has 0 spiro atoms. The largest absolute Gasteiger partial charge is 0.691 e. The van der Waals surface area contributed by atoms with Gasteiger partial charge in [0.1, 0.15) is 5.69 Å². The molecule has 0 aliphatic heterocycles. The van der Waals surface area contributed by atoms with Gasteiger partial charge in [-0.25, -0.2) is 0 Å². The van der Waals surface area contributed by atoms with Crippen molar-refractivity contribution in [3.8, 4) is 0 Å². The molecule has 0 heterocycles. The van der Waals surface area contributed by atoms with Crippen molar-refractivity contribution >= 4 is 11.4 Å². The van der Waals surface area contributed by atoms with E-state index in [0.29, 0.717) is 10.5 Å². The van der Waals surface area contributed by atoms with Crippen LogP contribution in [-0.4, -0.2) is 4.86 Å². The van der Waals surface area contributed by atoms with Gasteiger partial charge < -0.3 is 5.21 Å². The number of benzene rings is 2. The minimum atomic E-state index is 0.499. The van der Waals surface area contributed by atoms with Crippen molar-refractivity contribution in [1.29, 1.82) is 0 Å². The second-order valence-corrected chi connectivity index (χ2v) is 3.69. The van der Waals surface area contributed by atoms with Crippen molar-refractivity contribution in [2.75, 3.05) is 5.43 Å². The third-order valence-corrected chi connectivity index (χ3v) is 2.30. The first kappa shape index (κ1) is 11.1. The Kier molecular flexibility index (Phi) is 3.35. The minimum absolute atomic E-state index is 0.499. The van der Waals surface area contributed by atoms with Crippen LogP contribution in [0.5, 0.6) is 0 Å². The van der Waals surface area contributed by atoms with E-state index in [9.17, 15) is 5.21 Å². The number of anilines is 1. The highest BCUT2D eigenvalue weighted by Crippen LogP contribution is 2.13. The third-order valence-electron chi connectivity index (χ3n) is 2.30. The first-order valence-electron chi connectivity index (χ1n) is 5.31. The van der Waals surface area contributed by atoms with E-state index in [-0.39, 0.29) is 0 Å². The van der Waals surface area contributed by atoms with Crippen LogP contribution in [0.25, 0.3) is 0 Å². The van der Waals surface area contributed by atoms with Gasteiger partial charge in [-0.1, -0.05) is 35.9 Å². The molecule has 86 valence electrons. The van der Waals surface area contributed by atoms with Crippen molar-refractivity contribution in [3.63, 3.8) is 0 Å². The van der Waals surface area contributed by atoms with Gasteiger partial charge in [0.25, 0.3) is 0 Å². The fraction of sp³-hybridized carbons (Fsp3) is 0.0769. The van der Waals surface area contributed by atoms with Crippen molar-refractivity contribution in [1.82, 2.24) is 0 Å². The smallest absolute Gasteiger partial charge is 0.154 e. The summed E-state index contributed by atoms with van der Waals surface area (Å²) in [6.07, 6.45) is 0. The van der Waals surface area contributed by atoms with E-state index in [4.69, 9.17) is 0 Å². The predicted molar refractivity (Wildman–Crippen MR) is 67.0 cm³/mol. The molecule has 0 unspecified atom stereocenters. The first-order valence-corrected chi connectivity index (χ1v) is 5.31. The van der Waals surface area contributed by atoms with Crippen molar-refractivity contribution < 1.29 is 4.86 Å². The highest BCUT2D eigenvalue weighted by molar-refractivity contribution is 5.41. The monoisotopic (exact) mass is 227 g/mol. The lowest BCUT2D eigenvalue weighted by atomic mass is 10.2. The summed E-state index contributed by atoms with van der Waals surface area (Å²) >= 11 is 0. The molecule has 0 saturated heterocycles. The maximum absolute atomic E-state index is 11.6. The van der Waals surface area contributed by atoms with Crippen LogP contribution in [0.15, 0.2) is 59.8 Å². The molecule has 0 aliphatic carbocycles. The molecule has 0 aromatic heterocycles. The van der Waals surface area contributed by atoms with Crippen molar-refractivity contribution in [2.24, 2.45) is 5.22 Å². The van der Waals surface area contributed by atoms with Crippen LogP contribution < -0.4 is 5.43 Å². The molecule has 2 rings (SSSR count). The molecular formula is C13H13N3O. The Bertz CT molecular complexity index is 506. The molecule has 0 bridgehead atoms. The average molecular weight is 227 g/mol. The lowest BCUT2D eigenvalue weighted by Crippen LogP contribution is -1.97. The Hall–Kier alpha value is -2.36. The van der Waals surface area contributed by atoms with E-state index in [2.05, 4.69) is 10.6 Å². The molecule has 4 nitrogen and oxygen atoms in total. The van der Waals surface area contributed by atoms with Crippen molar-refractivity contribution in [3.05, 3.63) is 65.4 Å². The van der Waals surface area contributed by atoms with Gasteiger partial charge in [-0.15, -0.1) is 10.3 Å². The van der Waals surface area contributed by atoms with Crippen LogP contribution >= 0.6 is 0 Å². The summed E-state index contributed by atoms with van der Waals surface area (Å²) in [7, 11) is 0. The standard InChI is InChI=1S/C13H13N3O/c1-11-7-9-13(10-8-11)16(17)15-14-12-5-3-2-4-6-12/h2-10,14H,1H3. The number of para-hydroxylation sites is 1. The molecular weight excluding hydrogens is 214 g/mol. The summed E-state index contributed by atoms with van der Waals surface area (Å²) in [4.78, 5) is 0.562. The van der Waals surface area contributed by atoms with Gasteiger partial charge >= 0.3 is 0 Å². The van der Waals surface area contributed by atoms with E-state index >= 15 is 0 Å². The highest BCUT2D eigenvalue weighted by atomic mass is 16.5. The van der Waals surface area contributed by atoms with Crippen LogP contribution in [0, 0.1) is 12.1 Å². The van der Waals surface area contributed by atoms with E-state index in [1.807, 2.05) is 49.4 Å². The number of aryl methyl sites for hydroxylation is 1. The van der Waals surface area contributed by atoms with Crippen LogP contribution in [-0.2, 0) is 0 Å². The zero-order chi connectivity index (χ0) is 12.1. The zero-order valence-corrected chi connectivity index (χ0v) is 9.50. The number of nitrogens with zero attached hydrogens (tertiary/aromatic N) is 2. The van der Waals surface area contributed by atoms with E-state index in [1.54, 1.807) is 12.1 Å². The van der Waals surface area contributed by atoms with Gasteiger partial charge in [0.05, 0.1) is 5.22 Å². The summed E-state index contributed by atoms with van der Waals surface area (Å²) in [6.45, 7) is 1.97. The zero-order valence-electron chi connectivity index (χ0n) is 9.50. The van der Waals surface area contributed by atoms with E-state index in [0.717, 1.165) is 11.3 Å². The van der Waals surface area contributed by atoms with Crippen LogP contribution in [0.1, 0.15) is 5.56 Å². The predicted octanol–water partition coefficient (Wildman–Crippen LogP) is 3.62. The molecule has 0 atom stereocenters. The maximum atomic E-state index is 11.6. The molecule has 17 heavy (non-hydrogen) atoms. The average Bonchev–Trinajstić information content (AvgIpc) is 2.38. The molecule has 0 aliphatic rings. The number of hydrogen-bond acceptors (Lipinski definition) is 2. The van der Waals surface area contributed by atoms with Gasteiger partial charge in [0.15, 0.2) is 5.69 Å². The molecule has 2 aromatic carbocycles. The van der Waals surface area contributed by atoms with Crippen LogP contribution in [0.3, 0.4) is 0 Å². The van der Waals surface area contributed by atoms with Gasteiger partial charge in [0, 0.05) is 0 Å². The van der Waals surface area contributed by atoms with Crippen molar-refractivity contribution in [2.45, 2.75) is 6.92 Å². The summed E-state index contributed by atoms with van der Waals surface area (Å²) in [5.41, 5.74) is 5.08. The normalized spacial score (nSPS) is 11.2. The van der Waals surface area contributed by atoms with Gasteiger partial charge in [-0.3, -0.25) is 0 Å². The molecule has 1 N–H and O–H groups in total. The first-order chi connectivity index (χ1) is 8.25. The minimum Gasteiger partial charge on any atom is -0.691 e. The third kappa shape index (κ3) is 3.04. The van der Waals surface area contributed by atoms with Gasteiger partial charge in [0.2, 0.25) is 0 Å². The molecule has 2 aromatic rings. The van der Waals surface area contributed by atoms with E-state index in [1.165, 1.54) is 0 Å². The topological polar surface area (TPSA) is 50.5 Å². The Morgan fingerprint density at radius 3 is 2.29 bits per heavy atom. The Morgan fingerprint density at radius 2 is 1.65 bits per heavy atom. The fourth-order valence-corrected chi connectivity index (χ4v) is 1.35. The summed E-state index contributed by atoms with van der Waals surface area (Å²) < 4.78 is 0. The second kappa shape index (κ2) is 5.12. The SMILES string of the molecule is Cc1ccc([N+]([O-])=NNc2ccccc2)cc1. The summed E-state index contributed by atoms with van der Waals surface area (Å²) in [5, 5.41) is 15.3. The molecule has 0 fully saturated rings. The number of nitrogens with one attached hydrogen (secondary N) is 1.